The summed E-state index contributed by atoms with van der Waals surface area (Å²) in [6.07, 6.45) is 1.41. The number of halogens is 1. The average molecular weight is 225 g/mol. The van der Waals surface area contributed by atoms with Gasteiger partial charge in [-0.3, -0.25) is 0 Å². The number of para-hydroxylation sites is 1. The third-order valence-corrected chi connectivity index (χ3v) is 2.23. The normalized spacial score (nSPS) is 10.4. The van der Waals surface area contributed by atoms with Gasteiger partial charge in [-0.15, -0.1) is 0 Å². The molecule has 0 saturated heterocycles. The standard InChI is InChI=1S/C8H5BrN2O/c9-8-5-2-1-3-6(12)7(5)10-4-11-8/h1-4,12H. The van der Waals surface area contributed by atoms with E-state index < -0.39 is 0 Å². The van der Waals surface area contributed by atoms with Crippen LogP contribution in [0.15, 0.2) is 29.1 Å². The van der Waals surface area contributed by atoms with Crippen LogP contribution in [0.5, 0.6) is 5.75 Å². The van der Waals surface area contributed by atoms with Gasteiger partial charge in [0.2, 0.25) is 0 Å². The molecule has 2 aromatic rings. The Balaban J connectivity index is 2.94. The van der Waals surface area contributed by atoms with Crippen molar-refractivity contribution >= 4 is 26.8 Å². The van der Waals surface area contributed by atoms with E-state index in [-0.39, 0.29) is 5.75 Å². The van der Waals surface area contributed by atoms with Gasteiger partial charge in [-0.1, -0.05) is 6.07 Å². The number of nitrogens with zero attached hydrogens (tertiary/aromatic N) is 2. The van der Waals surface area contributed by atoms with E-state index >= 15 is 0 Å². The van der Waals surface area contributed by atoms with Crippen LogP contribution in [-0.2, 0) is 0 Å². The molecule has 1 aromatic heterocycles. The summed E-state index contributed by atoms with van der Waals surface area (Å²) >= 11 is 3.27. The first-order chi connectivity index (χ1) is 5.79. The maximum Gasteiger partial charge on any atom is 0.141 e. The van der Waals surface area contributed by atoms with Gasteiger partial charge in [0, 0.05) is 5.39 Å². The first-order valence-electron chi connectivity index (χ1n) is 3.37. The lowest BCUT2D eigenvalue weighted by Crippen LogP contribution is -1.83. The largest absolute Gasteiger partial charge is 0.506 e. The zero-order valence-corrected chi connectivity index (χ0v) is 7.62. The Labute approximate surface area is 77.2 Å². The fourth-order valence-electron chi connectivity index (χ4n) is 1.04. The molecule has 0 unspecified atom stereocenters. The van der Waals surface area contributed by atoms with E-state index in [1.54, 1.807) is 12.1 Å². The molecule has 60 valence electrons. The van der Waals surface area contributed by atoms with Crippen LogP contribution < -0.4 is 0 Å². The molecule has 0 amide bonds. The van der Waals surface area contributed by atoms with Crippen molar-refractivity contribution < 1.29 is 5.11 Å². The molecule has 4 heteroatoms. The predicted molar refractivity (Wildman–Crippen MR) is 48.9 cm³/mol. The van der Waals surface area contributed by atoms with E-state index in [9.17, 15) is 5.11 Å². The highest BCUT2D eigenvalue weighted by atomic mass is 79.9. The van der Waals surface area contributed by atoms with Crippen LogP contribution in [0.4, 0.5) is 0 Å². The molecule has 1 heterocycles. The summed E-state index contributed by atoms with van der Waals surface area (Å²) in [6, 6.07) is 5.20. The lowest BCUT2D eigenvalue weighted by molar-refractivity contribution is 0.480. The molecular weight excluding hydrogens is 220 g/mol. The van der Waals surface area contributed by atoms with E-state index in [0.29, 0.717) is 10.1 Å². The van der Waals surface area contributed by atoms with Crippen molar-refractivity contribution in [1.29, 1.82) is 0 Å². The Morgan fingerprint density at radius 1 is 1.25 bits per heavy atom. The first-order valence-corrected chi connectivity index (χ1v) is 4.16. The number of fused-ring (bicyclic) bond motifs is 1. The molecule has 0 bridgehead atoms. The smallest absolute Gasteiger partial charge is 0.141 e. The summed E-state index contributed by atoms with van der Waals surface area (Å²) in [4.78, 5) is 7.89. The molecule has 0 atom stereocenters. The second-order valence-corrected chi connectivity index (χ2v) is 3.09. The van der Waals surface area contributed by atoms with Crippen LogP contribution >= 0.6 is 15.9 Å². The first kappa shape index (κ1) is 7.49. The lowest BCUT2D eigenvalue weighted by atomic mass is 10.2. The average Bonchev–Trinajstić information content (AvgIpc) is 2.07. The molecule has 1 aromatic carbocycles. The van der Waals surface area contributed by atoms with Crippen molar-refractivity contribution in [2.24, 2.45) is 0 Å². The summed E-state index contributed by atoms with van der Waals surface area (Å²) in [5, 5.41) is 10.2. The van der Waals surface area contributed by atoms with Crippen molar-refractivity contribution in [2.45, 2.75) is 0 Å². The van der Waals surface area contributed by atoms with Gasteiger partial charge < -0.3 is 5.11 Å². The molecular formula is C8H5BrN2O. The van der Waals surface area contributed by atoms with E-state index in [4.69, 9.17) is 0 Å². The maximum atomic E-state index is 9.38. The highest BCUT2D eigenvalue weighted by Gasteiger charge is 2.02. The molecule has 2 rings (SSSR count). The van der Waals surface area contributed by atoms with Crippen molar-refractivity contribution in [3.8, 4) is 5.75 Å². The number of hydrogen-bond donors (Lipinski definition) is 1. The molecule has 0 spiro atoms. The zero-order chi connectivity index (χ0) is 8.55. The van der Waals surface area contributed by atoms with Crippen LogP contribution in [-0.4, -0.2) is 15.1 Å². The maximum absolute atomic E-state index is 9.38. The van der Waals surface area contributed by atoms with Gasteiger partial charge in [0.25, 0.3) is 0 Å². The monoisotopic (exact) mass is 224 g/mol. The minimum atomic E-state index is 0.176. The van der Waals surface area contributed by atoms with E-state index in [2.05, 4.69) is 25.9 Å². The minimum Gasteiger partial charge on any atom is -0.506 e. The summed E-state index contributed by atoms with van der Waals surface area (Å²) in [5.74, 6) is 0.176. The fourth-order valence-corrected chi connectivity index (χ4v) is 1.45. The van der Waals surface area contributed by atoms with Crippen molar-refractivity contribution in [3.05, 3.63) is 29.1 Å². The number of phenolic OH excluding ortho intramolecular Hbond substituents is 1. The van der Waals surface area contributed by atoms with Gasteiger partial charge >= 0.3 is 0 Å². The number of benzene rings is 1. The zero-order valence-electron chi connectivity index (χ0n) is 6.03. The summed E-state index contributed by atoms with van der Waals surface area (Å²) in [5.41, 5.74) is 0.569. The molecule has 0 fully saturated rings. The topological polar surface area (TPSA) is 46.0 Å². The second-order valence-electron chi connectivity index (χ2n) is 2.34. The van der Waals surface area contributed by atoms with Crippen LogP contribution in [0.3, 0.4) is 0 Å². The van der Waals surface area contributed by atoms with E-state index in [1.807, 2.05) is 6.07 Å². The van der Waals surface area contributed by atoms with Crippen LogP contribution in [0.2, 0.25) is 0 Å². The summed E-state index contributed by atoms with van der Waals surface area (Å²) in [6.45, 7) is 0. The third-order valence-electron chi connectivity index (χ3n) is 1.59. The molecule has 0 saturated carbocycles. The Morgan fingerprint density at radius 3 is 2.83 bits per heavy atom. The Kier molecular flexibility index (Phi) is 1.69. The minimum absolute atomic E-state index is 0.176. The number of hydrogen-bond acceptors (Lipinski definition) is 3. The van der Waals surface area contributed by atoms with E-state index in [1.165, 1.54) is 6.33 Å². The van der Waals surface area contributed by atoms with Crippen LogP contribution in [0.25, 0.3) is 10.9 Å². The third kappa shape index (κ3) is 1.04. The molecule has 3 nitrogen and oxygen atoms in total. The predicted octanol–water partition coefficient (Wildman–Crippen LogP) is 2.10. The SMILES string of the molecule is Oc1cccc2c(Br)ncnc12. The summed E-state index contributed by atoms with van der Waals surface area (Å²) < 4.78 is 0.698. The van der Waals surface area contributed by atoms with Gasteiger partial charge in [0.1, 0.15) is 22.2 Å². The number of aromatic nitrogens is 2. The molecule has 1 N–H and O–H groups in total. The van der Waals surface area contributed by atoms with Gasteiger partial charge in [0.15, 0.2) is 0 Å². The van der Waals surface area contributed by atoms with Gasteiger partial charge in [0.05, 0.1) is 0 Å². The van der Waals surface area contributed by atoms with Gasteiger partial charge in [-0.2, -0.15) is 0 Å². The highest BCUT2D eigenvalue weighted by molar-refractivity contribution is 9.10. The van der Waals surface area contributed by atoms with E-state index in [0.717, 1.165) is 5.39 Å². The number of aromatic hydroxyl groups is 1. The van der Waals surface area contributed by atoms with Crippen molar-refractivity contribution in [2.75, 3.05) is 0 Å². The molecule has 12 heavy (non-hydrogen) atoms. The Bertz CT molecular complexity index is 389. The Morgan fingerprint density at radius 2 is 2.08 bits per heavy atom. The van der Waals surface area contributed by atoms with Crippen LogP contribution in [0.1, 0.15) is 0 Å². The highest BCUT2D eigenvalue weighted by Crippen LogP contribution is 2.25. The second kappa shape index (κ2) is 2.71. The number of phenols is 1. The van der Waals surface area contributed by atoms with Gasteiger partial charge in [-0.25, -0.2) is 9.97 Å². The molecule has 0 aliphatic carbocycles. The van der Waals surface area contributed by atoms with Gasteiger partial charge in [-0.05, 0) is 28.1 Å². The quantitative estimate of drug-likeness (QED) is 0.698. The Hall–Kier alpha value is -1.16. The molecule has 0 aliphatic rings. The van der Waals surface area contributed by atoms with Crippen molar-refractivity contribution in [3.63, 3.8) is 0 Å². The lowest BCUT2D eigenvalue weighted by Gasteiger charge is -1.99. The summed E-state index contributed by atoms with van der Waals surface area (Å²) in [7, 11) is 0. The number of rotatable bonds is 0. The molecule has 0 radical (unpaired) electrons. The van der Waals surface area contributed by atoms with Crippen molar-refractivity contribution in [1.82, 2.24) is 9.97 Å². The molecule has 0 aliphatic heterocycles. The van der Waals surface area contributed by atoms with Crippen LogP contribution in [0, 0.1) is 0 Å². The fraction of sp³-hybridized carbons (Fsp3) is 0.